The number of amides is 1. The summed E-state index contributed by atoms with van der Waals surface area (Å²) in [4.78, 5) is 25.9. The third-order valence-electron chi connectivity index (χ3n) is 4.89. The van der Waals surface area contributed by atoms with Crippen molar-refractivity contribution in [3.8, 4) is 5.75 Å². The van der Waals surface area contributed by atoms with Gasteiger partial charge in [0.2, 0.25) is 5.95 Å². The van der Waals surface area contributed by atoms with E-state index in [-0.39, 0.29) is 5.91 Å². The number of nitrogens with one attached hydrogen (secondary N) is 1. The van der Waals surface area contributed by atoms with Gasteiger partial charge in [0.05, 0.1) is 7.11 Å². The van der Waals surface area contributed by atoms with Crippen LogP contribution in [0.3, 0.4) is 0 Å². The summed E-state index contributed by atoms with van der Waals surface area (Å²) in [6.45, 7) is 6.12. The van der Waals surface area contributed by atoms with Crippen molar-refractivity contribution < 1.29 is 14.3 Å². The molecule has 29 heavy (non-hydrogen) atoms. The largest absolute Gasteiger partial charge is 0.497 e. The number of rotatable bonds is 8. The quantitative estimate of drug-likeness (QED) is 0.682. The Labute approximate surface area is 171 Å². The van der Waals surface area contributed by atoms with Gasteiger partial charge < -0.3 is 24.6 Å². The Balaban J connectivity index is 1.59. The third-order valence-corrected chi connectivity index (χ3v) is 4.89. The maximum atomic E-state index is 13.0. The summed E-state index contributed by atoms with van der Waals surface area (Å²) in [5.41, 5.74) is 2.34. The van der Waals surface area contributed by atoms with Crippen molar-refractivity contribution in [1.29, 1.82) is 0 Å². The fourth-order valence-corrected chi connectivity index (χ4v) is 3.30. The molecule has 1 aliphatic heterocycles. The number of piperazine rings is 1. The fourth-order valence-electron chi connectivity index (χ4n) is 3.30. The average molecular weight is 399 g/mol. The van der Waals surface area contributed by atoms with Crippen LogP contribution in [0.1, 0.15) is 22.6 Å². The molecule has 1 N–H and O–H groups in total. The van der Waals surface area contributed by atoms with Crippen LogP contribution in [0.5, 0.6) is 5.75 Å². The molecule has 8 heteroatoms. The van der Waals surface area contributed by atoms with Crippen LogP contribution in [0.15, 0.2) is 30.3 Å². The number of nitrogens with zero attached hydrogens (tertiary/aromatic N) is 4. The van der Waals surface area contributed by atoms with Crippen LogP contribution in [-0.2, 0) is 4.74 Å². The number of ether oxygens (including phenoxy) is 2. The highest BCUT2D eigenvalue weighted by molar-refractivity contribution is 5.92. The molecule has 1 saturated heterocycles. The van der Waals surface area contributed by atoms with E-state index >= 15 is 0 Å². The first-order valence-corrected chi connectivity index (χ1v) is 9.87. The number of benzene rings is 1. The van der Waals surface area contributed by atoms with Crippen molar-refractivity contribution >= 4 is 17.5 Å². The Bertz CT molecular complexity index is 804. The summed E-state index contributed by atoms with van der Waals surface area (Å²) >= 11 is 0. The van der Waals surface area contributed by atoms with Crippen molar-refractivity contribution in [3.63, 3.8) is 0 Å². The van der Waals surface area contributed by atoms with Gasteiger partial charge in [-0.15, -0.1) is 0 Å². The Morgan fingerprint density at radius 1 is 1.10 bits per heavy atom. The lowest BCUT2D eigenvalue weighted by molar-refractivity contribution is 0.0740. The van der Waals surface area contributed by atoms with E-state index in [1.807, 2.05) is 36.1 Å². The normalized spacial score (nSPS) is 14.0. The Morgan fingerprint density at radius 3 is 2.48 bits per heavy atom. The van der Waals surface area contributed by atoms with Gasteiger partial charge in [-0.3, -0.25) is 4.79 Å². The minimum atomic E-state index is -0.0511. The van der Waals surface area contributed by atoms with Crippen molar-refractivity contribution in [2.24, 2.45) is 0 Å². The lowest BCUT2D eigenvalue weighted by Crippen LogP contribution is -2.49. The Kier molecular flexibility index (Phi) is 7.24. The summed E-state index contributed by atoms with van der Waals surface area (Å²) in [6, 6.07) is 9.76. The number of carbonyl (C=O) groups excluding carboxylic acids is 1. The molecule has 0 saturated carbocycles. The molecule has 0 aliphatic carbocycles. The summed E-state index contributed by atoms with van der Waals surface area (Å²) in [7, 11) is 3.34. The van der Waals surface area contributed by atoms with Crippen molar-refractivity contribution in [2.45, 2.75) is 13.3 Å². The number of anilines is 2. The van der Waals surface area contributed by atoms with E-state index in [9.17, 15) is 4.79 Å². The second kappa shape index (κ2) is 10.1. The molecule has 0 atom stereocenters. The fraction of sp³-hybridized carbons (Fsp3) is 0.476. The predicted octanol–water partition coefficient (Wildman–Crippen LogP) is 2.20. The van der Waals surface area contributed by atoms with E-state index in [2.05, 4.69) is 20.2 Å². The van der Waals surface area contributed by atoms with E-state index < -0.39 is 0 Å². The van der Waals surface area contributed by atoms with Crippen molar-refractivity contribution in [3.05, 3.63) is 41.7 Å². The number of methoxy groups -OCH3 is 2. The summed E-state index contributed by atoms with van der Waals surface area (Å²) < 4.78 is 10.3. The van der Waals surface area contributed by atoms with E-state index in [0.29, 0.717) is 37.9 Å². The molecule has 1 aromatic heterocycles. The van der Waals surface area contributed by atoms with E-state index in [0.717, 1.165) is 36.6 Å². The highest BCUT2D eigenvalue weighted by atomic mass is 16.5. The maximum Gasteiger partial charge on any atom is 0.272 e. The van der Waals surface area contributed by atoms with Gasteiger partial charge in [-0.1, -0.05) is 0 Å². The molecular formula is C21H29N5O3. The Hall–Kier alpha value is -2.87. The highest BCUT2D eigenvalue weighted by Gasteiger charge is 2.24. The van der Waals surface area contributed by atoms with Gasteiger partial charge in [0.1, 0.15) is 11.4 Å². The van der Waals surface area contributed by atoms with Crippen LogP contribution in [0, 0.1) is 6.92 Å². The van der Waals surface area contributed by atoms with Gasteiger partial charge >= 0.3 is 0 Å². The zero-order valence-corrected chi connectivity index (χ0v) is 17.4. The summed E-state index contributed by atoms with van der Waals surface area (Å²) in [5, 5.41) is 3.16. The molecule has 1 aliphatic rings. The number of hydrogen-bond donors (Lipinski definition) is 1. The average Bonchev–Trinajstić information content (AvgIpc) is 2.76. The van der Waals surface area contributed by atoms with Gasteiger partial charge in [0.25, 0.3) is 5.91 Å². The molecular weight excluding hydrogens is 370 g/mol. The second-order valence-corrected chi connectivity index (χ2v) is 6.97. The molecule has 0 spiro atoms. The van der Waals surface area contributed by atoms with E-state index in [4.69, 9.17) is 9.47 Å². The minimum absolute atomic E-state index is 0.0511. The summed E-state index contributed by atoms with van der Waals surface area (Å²) in [6.07, 6.45) is 0.852. The molecule has 1 fully saturated rings. The van der Waals surface area contributed by atoms with Crippen molar-refractivity contribution in [2.75, 3.05) is 63.8 Å². The molecule has 2 heterocycles. The van der Waals surface area contributed by atoms with Crippen LogP contribution in [0.25, 0.3) is 0 Å². The molecule has 2 aromatic rings. The van der Waals surface area contributed by atoms with Crippen LogP contribution in [0.2, 0.25) is 0 Å². The third kappa shape index (κ3) is 5.57. The van der Waals surface area contributed by atoms with Crippen LogP contribution >= 0.6 is 0 Å². The van der Waals surface area contributed by atoms with Gasteiger partial charge in [-0.2, -0.15) is 0 Å². The predicted molar refractivity (Wildman–Crippen MR) is 113 cm³/mol. The minimum Gasteiger partial charge on any atom is -0.497 e. The second-order valence-electron chi connectivity index (χ2n) is 6.97. The molecule has 8 nitrogen and oxygen atoms in total. The van der Waals surface area contributed by atoms with Crippen molar-refractivity contribution in [1.82, 2.24) is 14.9 Å². The lowest BCUT2D eigenvalue weighted by Gasteiger charge is -2.36. The first kappa shape index (κ1) is 20.9. The van der Waals surface area contributed by atoms with Gasteiger partial charge in [0.15, 0.2) is 0 Å². The first-order valence-electron chi connectivity index (χ1n) is 9.87. The van der Waals surface area contributed by atoms with Crippen LogP contribution < -0.4 is 15.0 Å². The van der Waals surface area contributed by atoms with E-state index in [1.54, 1.807) is 20.3 Å². The molecule has 1 amide bonds. The number of aryl methyl sites for hydroxylation is 1. The summed E-state index contributed by atoms with van der Waals surface area (Å²) in [5.74, 6) is 1.28. The van der Waals surface area contributed by atoms with Gasteiger partial charge in [0, 0.05) is 57.8 Å². The van der Waals surface area contributed by atoms with Crippen LogP contribution in [0.4, 0.5) is 11.6 Å². The molecule has 1 aromatic carbocycles. The number of carbonyl (C=O) groups is 1. The van der Waals surface area contributed by atoms with Crippen LogP contribution in [-0.4, -0.2) is 74.3 Å². The number of aromatic nitrogens is 2. The van der Waals surface area contributed by atoms with Gasteiger partial charge in [-0.25, -0.2) is 9.97 Å². The smallest absolute Gasteiger partial charge is 0.272 e. The van der Waals surface area contributed by atoms with E-state index in [1.165, 1.54) is 0 Å². The Morgan fingerprint density at radius 2 is 1.83 bits per heavy atom. The molecule has 3 rings (SSSR count). The standard InChI is InChI=1S/C21H29N5O3/c1-16-15-19(24-21(23-16)22-9-4-14-28-2)20(27)26-12-10-25(11-13-26)17-5-7-18(29-3)8-6-17/h5-8,15H,4,9-14H2,1-3H3,(H,22,23,24). The lowest BCUT2D eigenvalue weighted by atomic mass is 10.2. The zero-order chi connectivity index (χ0) is 20.6. The van der Waals surface area contributed by atoms with Gasteiger partial charge in [-0.05, 0) is 43.7 Å². The molecule has 0 unspecified atom stereocenters. The topological polar surface area (TPSA) is 79.8 Å². The molecule has 0 radical (unpaired) electrons. The maximum absolute atomic E-state index is 13.0. The zero-order valence-electron chi connectivity index (χ0n) is 17.4. The SMILES string of the molecule is COCCCNc1nc(C)cc(C(=O)N2CCN(c3ccc(OC)cc3)CC2)n1. The highest BCUT2D eigenvalue weighted by Crippen LogP contribution is 2.21. The molecule has 0 bridgehead atoms. The number of hydrogen-bond acceptors (Lipinski definition) is 7. The monoisotopic (exact) mass is 399 g/mol. The first-order chi connectivity index (χ1) is 14.1. The molecule has 156 valence electrons.